The standard InChI is InChI=1S/C27H21F2N3O2S2/c1-14-6-5-8-18(15(14)2)31-26-21(25-32-19-7-3-4-9-20(19)35-25)22(30)24(36-26)23(33)16-10-12-17(13-11-16)34-27(28)29/h3-13,24,27H,30H2,1-2H3. The van der Waals surface area contributed by atoms with Crippen LogP contribution >= 0.6 is 23.1 Å². The Morgan fingerprint density at radius 1 is 1.06 bits per heavy atom. The van der Waals surface area contributed by atoms with Gasteiger partial charge in [0.1, 0.15) is 21.1 Å². The Kier molecular flexibility index (Phi) is 6.59. The molecule has 0 spiro atoms. The summed E-state index contributed by atoms with van der Waals surface area (Å²) >= 11 is 2.77. The summed E-state index contributed by atoms with van der Waals surface area (Å²) < 4.78 is 30.4. The third-order valence-corrected chi connectivity index (χ3v) is 8.20. The Balaban J connectivity index is 1.57. The van der Waals surface area contributed by atoms with Gasteiger partial charge in [-0.1, -0.05) is 36.0 Å². The number of thiazole rings is 1. The van der Waals surface area contributed by atoms with Gasteiger partial charge in [-0.3, -0.25) is 4.79 Å². The first-order valence-electron chi connectivity index (χ1n) is 11.1. The molecule has 3 aromatic carbocycles. The monoisotopic (exact) mass is 521 g/mol. The van der Waals surface area contributed by atoms with Crippen molar-refractivity contribution in [2.24, 2.45) is 10.7 Å². The second-order valence-electron chi connectivity index (χ2n) is 8.22. The van der Waals surface area contributed by atoms with E-state index in [1.807, 2.05) is 56.3 Å². The number of fused-ring (bicyclic) bond motifs is 1. The molecule has 0 fully saturated rings. The zero-order chi connectivity index (χ0) is 25.4. The molecule has 0 bridgehead atoms. The van der Waals surface area contributed by atoms with Gasteiger partial charge in [0, 0.05) is 11.3 Å². The van der Waals surface area contributed by atoms with Gasteiger partial charge in [-0.05, 0) is 67.4 Å². The van der Waals surface area contributed by atoms with Gasteiger partial charge in [0.2, 0.25) is 0 Å². The van der Waals surface area contributed by atoms with Crippen molar-refractivity contribution in [2.45, 2.75) is 25.7 Å². The third-order valence-electron chi connectivity index (χ3n) is 5.92. The number of nitrogens with two attached hydrogens (primary N) is 1. The molecular formula is C27H21F2N3O2S2. The number of aliphatic imine (C=N–C) groups is 1. The molecule has 4 aromatic rings. The number of ketones is 1. The quantitative estimate of drug-likeness (QED) is 0.279. The number of carbonyl (C=O) groups is 1. The van der Waals surface area contributed by atoms with Crippen LogP contribution in [0.3, 0.4) is 0 Å². The van der Waals surface area contributed by atoms with Gasteiger partial charge in [-0.25, -0.2) is 9.98 Å². The molecule has 1 atom stereocenters. The molecule has 0 radical (unpaired) electrons. The lowest BCUT2D eigenvalue weighted by molar-refractivity contribution is -0.0498. The number of carbonyl (C=O) groups excluding carboxylic acids is 1. The summed E-state index contributed by atoms with van der Waals surface area (Å²) in [4.78, 5) is 23.2. The number of benzene rings is 3. The van der Waals surface area contributed by atoms with Crippen LogP contribution in [-0.4, -0.2) is 27.7 Å². The third kappa shape index (κ3) is 4.64. The van der Waals surface area contributed by atoms with Crippen LogP contribution < -0.4 is 10.5 Å². The number of aromatic nitrogens is 1. The normalized spacial score (nSPS) is 16.9. The van der Waals surface area contributed by atoms with Gasteiger partial charge in [0.25, 0.3) is 0 Å². The number of nitrogens with zero attached hydrogens (tertiary/aromatic N) is 2. The highest BCUT2D eigenvalue weighted by molar-refractivity contribution is 8.16. The van der Waals surface area contributed by atoms with E-state index in [1.54, 1.807) is 0 Å². The predicted molar refractivity (Wildman–Crippen MR) is 143 cm³/mol. The lowest BCUT2D eigenvalue weighted by Crippen LogP contribution is -2.22. The van der Waals surface area contributed by atoms with Crippen molar-refractivity contribution in [3.63, 3.8) is 0 Å². The Morgan fingerprint density at radius 2 is 1.81 bits per heavy atom. The van der Waals surface area contributed by atoms with Crippen LogP contribution in [0.4, 0.5) is 14.5 Å². The number of ether oxygens (including phenoxy) is 1. The van der Waals surface area contributed by atoms with E-state index < -0.39 is 11.9 Å². The van der Waals surface area contributed by atoms with Crippen LogP contribution in [0.1, 0.15) is 26.5 Å². The lowest BCUT2D eigenvalue weighted by atomic mass is 10.0. The van der Waals surface area contributed by atoms with Crippen LogP contribution in [0.25, 0.3) is 15.8 Å². The molecule has 1 unspecified atom stereocenters. The molecule has 5 nitrogen and oxygen atoms in total. The molecule has 1 aromatic heterocycles. The van der Waals surface area contributed by atoms with Crippen molar-refractivity contribution in [1.29, 1.82) is 0 Å². The first-order chi connectivity index (χ1) is 17.3. The summed E-state index contributed by atoms with van der Waals surface area (Å²) in [6.45, 7) is 1.09. The molecule has 0 saturated carbocycles. The first-order valence-corrected chi connectivity index (χ1v) is 12.8. The van der Waals surface area contributed by atoms with E-state index in [-0.39, 0.29) is 11.5 Å². The number of hydrogen-bond donors (Lipinski definition) is 1. The highest BCUT2D eigenvalue weighted by atomic mass is 32.2. The Morgan fingerprint density at radius 3 is 2.53 bits per heavy atom. The average molecular weight is 522 g/mol. The Hall–Kier alpha value is -3.56. The highest BCUT2D eigenvalue weighted by Gasteiger charge is 2.37. The number of para-hydroxylation sites is 1. The summed E-state index contributed by atoms with van der Waals surface area (Å²) in [6.07, 6.45) is 0. The SMILES string of the molecule is Cc1cccc(N=C2SC(C(=O)c3ccc(OC(F)F)cc3)C(N)=C2c2nc3ccccc3s2)c1C. The summed E-state index contributed by atoms with van der Waals surface area (Å²) in [5.41, 5.74) is 11.8. The lowest BCUT2D eigenvalue weighted by Gasteiger charge is -2.10. The predicted octanol–water partition coefficient (Wildman–Crippen LogP) is 6.91. The van der Waals surface area contributed by atoms with Crippen molar-refractivity contribution in [3.05, 3.63) is 94.1 Å². The number of hydrogen-bond acceptors (Lipinski definition) is 7. The topological polar surface area (TPSA) is 77.6 Å². The van der Waals surface area contributed by atoms with Gasteiger partial charge >= 0.3 is 6.61 Å². The molecular weight excluding hydrogens is 500 g/mol. The van der Waals surface area contributed by atoms with E-state index in [0.29, 0.717) is 26.9 Å². The van der Waals surface area contributed by atoms with Crippen molar-refractivity contribution in [1.82, 2.24) is 4.98 Å². The molecule has 0 amide bonds. The summed E-state index contributed by atoms with van der Waals surface area (Å²) in [6, 6.07) is 19.3. The highest BCUT2D eigenvalue weighted by Crippen LogP contribution is 2.43. The molecule has 1 aliphatic heterocycles. The molecule has 0 aliphatic carbocycles. The van der Waals surface area contributed by atoms with Crippen molar-refractivity contribution in [2.75, 3.05) is 0 Å². The second-order valence-corrected chi connectivity index (χ2v) is 10.3. The molecule has 36 heavy (non-hydrogen) atoms. The van der Waals surface area contributed by atoms with Crippen LogP contribution in [-0.2, 0) is 0 Å². The minimum absolute atomic E-state index is 0.0172. The Bertz CT molecular complexity index is 1490. The van der Waals surface area contributed by atoms with E-state index in [2.05, 4.69) is 4.74 Å². The molecule has 182 valence electrons. The molecule has 2 heterocycles. The zero-order valence-electron chi connectivity index (χ0n) is 19.4. The number of aryl methyl sites for hydroxylation is 1. The van der Waals surface area contributed by atoms with E-state index in [4.69, 9.17) is 15.7 Å². The van der Waals surface area contributed by atoms with Gasteiger partial charge in [-0.2, -0.15) is 8.78 Å². The Labute approximate surface area is 214 Å². The van der Waals surface area contributed by atoms with Gasteiger partial charge < -0.3 is 10.5 Å². The van der Waals surface area contributed by atoms with Crippen LogP contribution in [0.5, 0.6) is 5.75 Å². The molecule has 0 saturated heterocycles. The minimum atomic E-state index is -2.93. The smallest absolute Gasteiger partial charge is 0.387 e. The maximum Gasteiger partial charge on any atom is 0.387 e. The van der Waals surface area contributed by atoms with E-state index in [1.165, 1.54) is 47.4 Å². The van der Waals surface area contributed by atoms with Crippen molar-refractivity contribution >= 4 is 55.4 Å². The molecule has 2 N–H and O–H groups in total. The molecule has 9 heteroatoms. The summed E-state index contributed by atoms with van der Waals surface area (Å²) in [5, 5.41) is 0.593. The zero-order valence-corrected chi connectivity index (χ0v) is 21.0. The number of halogens is 2. The minimum Gasteiger partial charge on any atom is -0.435 e. The fourth-order valence-electron chi connectivity index (χ4n) is 3.88. The summed E-state index contributed by atoms with van der Waals surface area (Å²) in [7, 11) is 0. The first kappa shape index (κ1) is 24.1. The van der Waals surface area contributed by atoms with E-state index in [0.717, 1.165) is 27.0 Å². The number of Topliss-reactive ketones (excluding diaryl/α,β-unsaturated/α-hetero) is 1. The molecule has 5 rings (SSSR count). The number of rotatable bonds is 6. The second kappa shape index (κ2) is 9.83. The van der Waals surface area contributed by atoms with Gasteiger partial charge in [-0.15, -0.1) is 11.3 Å². The van der Waals surface area contributed by atoms with Crippen LogP contribution in [0.15, 0.2) is 77.4 Å². The average Bonchev–Trinajstić information content (AvgIpc) is 3.42. The van der Waals surface area contributed by atoms with Crippen LogP contribution in [0.2, 0.25) is 0 Å². The van der Waals surface area contributed by atoms with E-state index in [9.17, 15) is 13.6 Å². The van der Waals surface area contributed by atoms with Crippen molar-refractivity contribution in [3.8, 4) is 5.75 Å². The fraction of sp³-hybridized carbons (Fsp3) is 0.148. The van der Waals surface area contributed by atoms with Crippen LogP contribution in [0, 0.1) is 13.8 Å². The fourth-order valence-corrected chi connectivity index (χ4v) is 6.17. The summed E-state index contributed by atoms with van der Waals surface area (Å²) in [5.74, 6) is -0.262. The van der Waals surface area contributed by atoms with Crippen molar-refractivity contribution < 1.29 is 18.3 Å². The van der Waals surface area contributed by atoms with E-state index >= 15 is 0 Å². The number of thioether (sulfide) groups is 1. The maximum absolute atomic E-state index is 13.5. The van der Waals surface area contributed by atoms with Gasteiger partial charge in [0.15, 0.2) is 5.78 Å². The van der Waals surface area contributed by atoms with Gasteiger partial charge in [0.05, 0.1) is 21.5 Å². The largest absolute Gasteiger partial charge is 0.435 e. The molecule has 1 aliphatic rings. The maximum atomic E-state index is 13.5. The number of alkyl halides is 2.